The maximum absolute atomic E-state index is 3.79. The second-order valence-electron chi connectivity index (χ2n) is 9.15. The highest BCUT2D eigenvalue weighted by Crippen LogP contribution is 2.56. The molecule has 0 aromatic heterocycles. The predicted octanol–water partition coefficient (Wildman–Crippen LogP) is 11.2. The van der Waals surface area contributed by atoms with E-state index < -0.39 is 0 Å². The van der Waals surface area contributed by atoms with Crippen molar-refractivity contribution in [3.8, 4) is 0 Å². The number of hydrogen-bond donors (Lipinski definition) is 0. The minimum absolute atomic E-state index is 0.254. The Balaban J connectivity index is 0.000000249. The minimum Gasteiger partial charge on any atom is -0.0984 e. The van der Waals surface area contributed by atoms with Gasteiger partial charge in [-0.3, -0.25) is 0 Å². The fourth-order valence-electron chi connectivity index (χ4n) is 5.50. The number of fused-ring (bicyclic) bond motifs is 1. The molecular weight excluding hydrogens is 480 g/mol. The highest BCUT2D eigenvalue weighted by molar-refractivity contribution is 5.93. The lowest BCUT2D eigenvalue weighted by Gasteiger charge is -2.34. The van der Waals surface area contributed by atoms with Crippen LogP contribution in [-0.2, 0) is 5.41 Å². The fraction of sp³-hybridized carbons (Fsp3) is 0.150. The summed E-state index contributed by atoms with van der Waals surface area (Å²) in [7, 11) is 0. The van der Waals surface area contributed by atoms with Gasteiger partial charge in [0.25, 0.3) is 0 Å². The van der Waals surface area contributed by atoms with Gasteiger partial charge in [0, 0.05) is 0 Å². The molecule has 4 aromatic carbocycles. The summed E-state index contributed by atoms with van der Waals surface area (Å²) >= 11 is 0. The zero-order valence-electron chi connectivity index (χ0n) is 24.6. The lowest BCUT2D eigenvalue weighted by Crippen LogP contribution is -2.28. The summed E-state index contributed by atoms with van der Waals surface area (Å²) in [6.07, 6.45) is 12.5. The van der Waals surface area contributed by atoms with Crippen LogP contribution in [0, 0.1) is 0 Å². The van der Waals surface area contributed by atoms with Gasteiger partial charge in [0.05, 0.1) is 5.41 Å². The van der Waals surface area contributed by atoms with Crippen LogP contribution in [0.15, 0.2) is 164 Å². The highest BCUT2D eigenvalue weighted by atomic mass is 14.5. The molecule has 0 aliphatic heterocycles. The van der Waals surface area contributed by atoms with Crippen LogP contribution in [0.1, 0.15) is 62.4 Å². The molecule has 0 heterocycles. The summed E-state index contributed by atoms with van der Waals surface area (Å²) in [6, 6.07) is 40.8. The maximum atomic E-state index is 3.79. The molecule has 1 aliphatic carbocycles. The van der Waals surface area contributed by atoms with Crippen LogP contribution in [0.5, 0.6) is 0 Å². The summed E-state index contributed by atoms with van der Waals surface area (Å²) in [5.41, 5.74) is 10.2. The van der Waals surface area contributed by atoms with E-state index in [1.165, 1.54) is 39.0 Å². The molecule has 0 nitrogen and oxygen atoms in total. The summed E-state index contributed by atoms with van der Waals surface area (Å²) < 4.78 is 0. The molecule has 4 aromatic rings. The summed E-state index contributed by atoms with van der Waals surface area (Å²) in [5, 5.41) is 0. The topological polar surface area (TPSA) is 0 Å². The van der Waals surface area contributed by atoms with Crippen LogP contribution in [0.2, 0.25) is 0 Å². The van der Waals surface area contributed by atoms with Gasteiger partial charge in [-0.2, -0.15) is 0 Å². The molecule has 0 N–H and O–H groups in total. The van der Waals surface area contributed by atoms with Crippen LogP contribution < -0.4 is 0 Å². The first-order chi connectivity index (χ1) is 19.7. The third-order valence-electron chi connectivity index (χ3n) is 7.10. The van der Waals surface area contributed by atoms with E-state index in [1.54, 1.807) is 0 Å². The molecule has 0 fully saturated rings. The zero-order chi connectivity index (χ0) is 28.8. The van der Waals surface area contributed by atoms with Crippen molar-refractivity contribution in [3.63, 3.8) is 0 Å². The quantitative estimate of drug-likeness (QED) is 0.229. The normalized spacial score (nSPS) is 15.6. The lowest BCUT2D eigenvalue weighted by molar-refractivity contribution is 0.767. The average molecular weight is 523 g/mol. The highest BCUT2D eigenvalue weighted by Gasteiger charge is 2.47. The van der Waals surface area contributed by atoms with Gasteiger partial charge < -0.3 is 0 Å². The first-order valence-corrected chi connectivity index (χ1v) is 14.3. The van der Waals surface area contributed by atoms with Gasteiger partial charge in [-0.05, 0) is 65.3 Å². The Bertz CT molecular complexity index is 1420. The third-order valence-corrected chi connectivity index (χ3v) is 7.10. The Morgan fingerprint density at radius 2 is 1.12 bits per heavy atom. The van der Waals surface area contributed by atoms with Crippen molar-refractivity contribution in [2.75, 3.05) is 0 Å². The molecule has 1 aliphatic rings. The van der Waals surface area contributed by atoms with Crippen LogP contribution in [0.3, 0.4) is 0 Å². The van der Waals surface area contributed by atoms with E-state index >= 15 is 0 Å². The second-order valence-corrected chi connectivity index (χ2v) is 9.15. The minimum atomic E-state index is -0.254. The molecule has 0 spiro atoms. The Labute approximate surface area is 242 Å². The molecular formula is C40H42. The van der Waals surface area contributed by atoms with Crippen LogP contribution in [0.25, 0.3) is 11.1 Å². The van der Waals surface area contributed by atoms with E-state index in [4.69, 9.17) is 0 Å². The van der Waals surface area contributed by atoms with E-state index in [9.17, 15) is 0 Å². The van der Waals surface area contributed by atoms with E-state index in [0.29, 0.717) is 0 Å². The van der Waals surface area contributed by atoms with Crippen molar-refractivity contribution in [2.24, 2.45) is 0 Å². The van der Waals surface area contributed by atoms with Gasteiger partial charge in [0.1, 0.15) is 0 Å². The van der Waals surface area contributed by atoms with Crippen LogP contribution >= 0.6 is 0 Å². The molecule has 0 saturated heterocycles. The van der Waals surface area contributed by atoms with Gasteiger partial charge in [-0.1, -0.05) is 172 Å². The third kappa shape index (κ3) is 6.08. The number of hydrogen-bond acceptors (Lipinski definition) is 0. The van der Waals surface area contributed by atoms with Crippen molar-refractivity contribution in [3.05, 3.63) is 192 Å². The van der Waals surface area contributed by atoms with Crippen molar-refractivity contribution in [2.45, 2.75) is 40.0 Å². The van der Waals surface area contributed by atoms with Gasteiger partial charge in [-0.15, -0.1) is 0 Å². The maximum Gasteiger partial charge on any atom is 0.0710 e. The van der Waals surface area contributed by atoms with E-state index in [0.717, 1.165) is 5.57 Å². The van der Waals surface area contributed by atoms with Gasteiger partial charge in [0.2, 0.25) is 0 Å². The molecule has 40 heavy (non-hydrogen) atoms. The fourth-order valence-corrected chi connectivity index (χ4v) is 5.50. The molecule has 0 amide bonds. The Kier molecular flexibility index (Phi) is 11.5. The largest absolute Gasteiger partial charge is 0.0984 e. The second kappa shape index (κ2) is 15.2. The first-order valence-electron chi connectivity index (χ1n) is 14.3. The van der Waals surface area contributed by atoms with Gasteiger partial charge in [-0.25, -0.2) is 0 Å². The van der Waals surface area contributed by atoms with E-state index in [2.05, 4.69) is 136 Å². The van der Waals surface area contributed by atoms with Gasteiger partial charge >= 0.3 is 0 Å². The summed E-state index contributed by atoms with van der Waals surface area (Å²) in [5.74, 6) is 0. The molecule has 0 atom stereocenters. The smallest absolute Gasteiger partial charge is 0.0710 e. The molecule has 202 valence electrons. The first kappa shape index (κ1) is 30.1. The molecule has 5 rings (SSSR count). The van der Waals surface area contributed by atoms with Crippen molar-refractivity contribution < 1.29 is 0 Å². The zero-order valence-corrected chi connectivity index (χ0v) is 24.6. The molecule has 0 unspecified atom stereocenters. The van der Waals surface area contributed by atoms with Crippen LogP contribution in [-0.4, -0.2) is 0 Å². The Morgan fingerprint density at radius 3 is 1.60 bits per heavy atom. The molecule has 0 heteroatoms. The molecule has 0 bridgehead atoms. The Hall–Kier alpha value is -4.42. The van der Waals surface area contributed by atoms with Crippen molar-refractivity contribution in [1.29, 1.82) is 0 Å². The number of rotatable bonds is 5. The van der Waals surface area contributed by atoms with E-state index in [-0.39, 0.29) is 5.41 Å². The Morgan fingerprint density at radius 1 is 0.625 bits per heavy atom. The SMILES string of the molecule is C/C=C1\C(=C/C)C(c2ccccc2)(c2ccccc2)c2ccccc21.C=C/C(=C\C=C/C)c1ccccc1.CC. The summed E-state index contributed by atoms with van der Waals surface area (Å²) in [6.45, 7) is 14.1. The van der Waals surface area contributed by atoms with Crippen LogP contribution in [0.4, 0.5) is 0 Å². The lowest BCUT2D eigenvalue weighted by atomic mass is 9.67. The standard InChI is InChI=1S/C25H22.C13H14.C2H6/c1-3-21-22-17-11-12-18-24(22)25(23(21)4-2,19-13-7-5-8-14-19)20-15-9-6-10-16-20;1-3-5-9-12(4-2)13-10-7-6-8-11-13;1-2/h3-18H,1-2H3;3-11H,2H2,1H3;1-2H3/b21-3-,23-4+;5-3-,12-9+;. The monoisotopic (exact) mass is 522 g/mol. The average Bonchev–Trinajstić information content (AvgIpc) is 3.34. The number of allylic oxidation sites excluding steroid dienone is 9. The van der Waals surface area contributed by atoms with E-state index in [1.807, 2.05) is 57.2 Å². The molecule has 0 saturated carbocycles. The van der Waals surface area contributed by atoms with Gasteiger partial charge in [0.15, 0.2) is 0 Å². The molecule has 0 radical (unpaired) electrons. The predicted molar refractivity (Wildman–Crippen MR) is 177 cm³/mol. The van der Waals surface area contributed by atoms with Crippen molar-refractivity contribution in [1.82, 2.24) is 0 Å². The summed E-state index contributed by atoms with van der Waals surface area (Å²) in [4.78, 5) is 0. The number of benzene rings is 4. The van der Waals surface area contributed by atoms with Crippen molar-refractivity contribution >= 4 is 11.1 Å².